The molecule has 9 heteroatoms. The van der Waals surface area contributed by atoms with Gasteiger partial charge in [0, 0.05) is 13.1 Å². The number of nitrogens with zero attached hydrogens (tertiary/aromatic N) is 5. The summed E-state index contributed by atoms with van der Waals surface area (Å²) < 4.78 is 8.18. The van der Waals surface area contributed by atoms with E-state index in [1.165, 1.54) is 7.11 Å². The molecule has 3 heterocycles. The topological polar surface area (TPSA) is 82.2 Å². The number of ether oxygens (including phenoxy) is 1. The molecule has 1 aliphatic heterocycles. The van der Waals surface area contributed by atoms with Crippen LogP contribution < -0.4 is 5.69 Å². The van der Waals surface area contributed by atoms with Crippen molar-refractivity contribution in [3.63, 3.8) is 0 Å². The first kappa shape index (κ1) is 23.4. The van der Waals surface area contributed by atoms with Gasteiger partial charge >= 0.3 is 11.7 Å². The number of hydrogen-bond acceptors (Lipinski definition) is 6. The van der Waals surface area contributed by atoms with Gasteiger partial charge in [-0.1, -0.05) is 20.8 Å². The van der Waals surface area contributed by atoms with E-state index in [2.05, 4.69) is 35.6 Å². The van der Waals surface area contributed by atoms with Crippen molar-refractivity contribution in [1.82, 2.24) is 24.0 Å². The summed E-state index contributed by atoms with van der Waals surface area (Å²) in [6.45, 7) is 11.3. The number of imidazole rings is 1. The summed E-state index contributed by atoms with van der Waals surface area (Å²) in [6, 6.07) is 6.75. The molecule has 1 aromatic carbocycles. The molecule has 0 N–H and O–H groups in total. The maximum atomic E-state index is 13.8. The Hall–Kier alpha value is -2.71. The van der Waals surface area contributed by atoms with Crippen LogP contribution in [-0.2, 0) is 4.74 Å². The highest BCUT2D eigenvalue weighted by Crippen LogP contribution is 2.29. The number of carbonyl (C=O) groups is 1. The van der Waals surface area contributed by atoms with Crippen molar-refractivity contribution in [1.29, 1.82) is 0 Å². The Morgan fingerprint density at radius 2 is 1.91 bits per heavy atom. The lowest BCUT2D eigenvalue weighted by Crippen LogP contribution is -2.43. The van der Waals surface area contributed by atoms with Crippen LogP contribution >= 0.6 is 11.6 Å². The second-order valence-electron chi connectivity index (χ2n) is 9.87. The maximum Gasteiger partial charge on any atom is 0.337 e. The van der Waals surface area contributed by atoms with Crippen molar-refractivity contribution in [2.45, 2.75) is 46.6 Å². The number of piperidine rings is 1. The van der Waals surface area contributed by atoms with Gasteiger partial charge in [0.1, 0.15) is 5.52 Å². The molecule has 0 amide bonds. The number of esters is 1. The number of likely N-dealkylation sites (tertiary alicyclic amines) is 1. The van der Waals surface area contributed by atoms with Gasteiger partial charge in [0.15, 0.2) is 5.65 Å². The van der Waals surface area contributed by atoms with E-state index in [-0.39, 0.29) is 22.4 Å². The summed E-state index contributed by atoms with van der Waals surface area (Å²) in [6.07, 6.45) is 1.90. The van der Waals surface area contributed by atoms with Crippen LogP contribution in [0.4, 0.5) is 0 Å². The van der Waals surface area contributed by atoms with E-state index in [4.69, 9.17) is 16.3 Å². The molecule has 3 aromatic rings. The number of halogens is 1. The number of hydrogen-bond donors (Lipinski definition) is 0. The van der Waals surface area contributed by atoms with Crippen molar-refractivity contribution in [2.75, 3.05) is 26.7 Å². The summed E-state index contributed by atoms with van der Waals surface area (Å²) in [7, 11) is 1.34. The quantitative estimate of drug-likeness (QED) is 0.422. The van der Waals surface area contributed by atoms with Crippen LogP contribution in [0.5, 0.6) is 0 Å². The molecule has 4 rings (SSSR count). The lowest BCUT2D eigenvalue weighted by Gasteiger charge is -2.36. The Balaban J connectivity index is 1.84. The van der Waals surface area contributed by atoms with Gasteiger partial charge < -0.3 is 9.64 Å². The molecule has 8 nitrogen and oxygen atoms in total. The van der Waals surface area contributed by atoms with E-state index >= 15 is 0 Å². The number of aromatic nitrogens is 4. The predicted molar refractivity (Wildman–Crippen MR) is 128 cm³/mol. The summed E-state index contributed by atoms with van der Waals surface area (Å²) in [5.74, 6) is -0.427. The molecule has 176 valence electrons. The van der Waals surface area contributed by atoms with Gasteiger partial charge in [0.2, 0.25) is 5.28 Å². The first-order valence-corrected chi connectivity index (χ1v) is 11.5. The zero-order valence-electron chi connectivity index (χ0n) is 19.8. The molecule has 0 spiro atoms. The molecule has 2 aromatic heterocycles. The van der Waals surface area contributed by atoms with Gasteiger partial charge in [0.05, 0.1) is 30.1 Å². The molecule has 0 saturated carbocycles. The predicted octanol–water partition coefficient (Wildman–Crippen LogP) is 4.01. The highest BCUT2D eigenvalue weighted by atomic mass is 35.5. The van der Waals surface area contributed by atoms with Crippen molar-refractivity contribution in [3.8, 4) is 5.69 Å². The van der Waals surface area contributed by atoms with Gasteiger partial charge in [0.25, 0.3) is 0 Å². The lowest BCUT2D eigenvalue weighted by atomic mass is 9.94. The minimum atomic E-state index is -0.427. The number of fused-ring (bicyclic) bond motifs is 1. The second kappa shape index (κ2) is 8.91. The summed E-state index contributed by atoms with van der Waals surface area (Å²) >= 11 is 6.22. The third-order valence-electron chi connectivity index (χ3n) is 5.95. The van der Waals surface area contributed by atoms with Crippen LogP contribution in [0.1, 0.15) is 55.7 Å². The fourth-order valence-corrected chi connectivity index (χ4v) is 4.94. The fourth-order valence-electron chi connectivity index (χ4n) is 4.73. The number of methoxy groups -OCH3 is 1. The molecular formula is C24H30ClN5O3. The van der Waals surface area contributed by atoms with Gasteiger partial charge in [-0.15, -0.1) is 0 Å². The Bertz CT molecular complexity index is 1240. The summed E-state index contributed by atoms with van der Waals surface area (Å²) in [5.41, 5.74) is 2.83. The minimum Gasteiger partial charge on any atom is -0.465 e. The number of benzene rings is 1. The van der Waals surface area contributed by atoms with E-state index < -0.39 is 5.97 Å². The second-order valence-corrected chi connectivity index (χ2v) is 10.2. The molecule has 0 aliphatic carbocycles. The first-order valence-electron chi connectivity index (χ1n) is 11.2. The van der Waals surface area contributed by atoms with Crippen LogP contribution in [0.25, 0.3) is 16.9 Å². The fraction of sp³-hybridized carbons (Fsp3) is 0.500. The van der Waals surface area contributed by atoms with Crippen LogP contribution in [0.3, 0.4) is 0 Å². The highest BCUT2D eigenvalue weighted by molar-refractivity contribution is 6.28. The van der Waals surface area contributed by atoms with E-state index in [9.17, 15) is 9.59 Å². The monoisotopic (exact) mass is 471 g/mol. The smallest absolute Gasteiger partial charge is 0.337 e. The van der Waals surface area contributed by atoms with Crippen LogP contribution in [0.15, 0.2) is 29.1 Å². The molecule has 1 aliphatic rings. The van der Waals surface area contributed by atoms with Crippen molar-refractivity contribution < 1.29 is 9.53 Å². The Kier molecular flexibility index (Phi) is 6.33. The van der Waals surface area contributed by atoms with Gasteiger partial charge in [-0.25, -0.2) is 14.6 Å². The Morgan fingerprint density at radius 1 is 1.21 bits per heavy atom. The molecule has 0 unspecified atom stereocenters. The van der Waals surface area contributed by atoms with Crippen LogP contribution in [-0.4, -0.2) is 56.7 Å². The lowest BCUT2D eigenvalue weighted by molar-refractivity contribution is 0.0600. The average molecular weight is 472 g/mol. The highest BCUT2D eigenvalue weighted by Gasteiger charge is 2.30. The maximum absolute atomic E-state index is 13.8. The average Bonchev–Trinajstić information content (AvgIpc) is 3.04. The zero-order valence-corrected chi connectivity index (χ0v) is 20.5. The van der Waals surface area contributed by atoms with E-state index in [0.717, 1.165) is 32.5 Å². The van der Waals surface area contributed by atoms with Crippen molar-refractivity contribution in [2.24, 2.45) is 5.41 Å². The third kappa shape index (κ3) is 4.68. The van der Waals surface area contributed by atoms with E-state index in [1.807, 2.05) is 6.92 Å². The molecule has 1 atom stereocenters. The van der Waals surface area contributed by atoms with Crippen molar-refractivity contribution >= 4 is 28.7 Å². The number of carbonyl (C=O) groups excluding carboxylic acids is 1. The zero-order chi connectivity index (χ0) is 23.9. The summed E-state index contributed by atoms with van der Waals surface area (Å²) in [5, 5.41) is 0.120. The normalized spacial score (nSPS) is 17.5. The molecule has 0 bridgehead atoms. The van der Waals surface area contributed by atoms with Gasteiger partial charge in [-0.3, -0.25) is 9.13 Å². The van der Waals surface area contributed by atoms with E-state index in [0.29, 0.717) is 28.1 Å². The Labute approximate surface area is 198 Å². The summed E-state index contributed by atoms with van der Waals surface area (Å²) in [4.78, 5) is 36.9. The van der Waals surface area contributed by atoms with Gasteiger partial charge in [-0.2, -0.15) is 4.98 Å². The molecule has 33 heavy (non-hydrogen) atoms. The number of aryl methyl sites for hydroxylation is 1. The third-order valence-corrected chi connectivity index (χ3v) is 6.12. The molecule has 1 saturated heterocycles. The minimum absolute atomic E-state index is 0.0166. The van der Waals surface area contributed by atoms with Crippen molar-refractivity contribution in [3.05, 3.63) is 51.3 Å². The Morgan fingerprint density at radius 3 is 2.55 bits per heavy atom. The SMILES string of the molecule is COC(=O)c1ccc(-n2c(=O)n([C@H]3CCCN(CC(C)(C)C)C3)c3nc(Cl)nc(C)c32)cc1. The largest absolute Gasteiger partial charge is 0.465 e. The molecule has 1 fully saturated rings. The molecule has 0 radical (unpaired) electrons. The standard InChI is InChI=1S/C24H30ClN5O3/c1-15-19-20(27-22(25)26-15)30(18-7-6-12-28(13-18)14-24(2,3)4)23(32)29(19)17-10-8-16(9-11-17)21(31)33-5/h8-11,18H,6-7,12-14H2,1-5H3/t18-/m0/s1. The van der Waals surface area contributed by atoms with E-state index in [1.54, 1.807) is 33.4 Å². The number of rotatable bonds is 4. The van der Waals surface area contributed by atoms with Crippen LogP contribution in [0, 0.1) is 12.3 Å². The van der Waals surface area contributed by atoms with Crippen LogP contribution in [0.2, 0.25) is 5.28 Å². The van der Waals surface area contributed by atoms with Gasteiger partial charge in [-0.05, 0) is 67.6 Å². The molecular weight excluding hydrogens is 442 g/mol. The first-order chi connectivity index (χ1) is 15.6.